The molecule has 2 amide bonds. The highest BCUT2D eigenvalue weighted by atomic mass is 35.5. The van der Waals surface area contributed by atoms with Crippen LogP contribution >= 0.6 is 27.2 Å². The molecule has 3 aliphatic heterocycles. The quantitative estimate of drug-likeness (QED) is 0.0258. The third kappa shape index (κ3) is 22.0. The highest BCUT2D eigenvalue weighted by Gasteiger charge is 2.40. The number of H-pyrrole nitrogens is 1. The van der Waals surface area contributed by atoms with Crippen molar-refractivity contribution in [2.45, 2.75) is 165 Å². The fourth-order valence-corrected chi connectivity index (χ4v) is 14.9. The summed E-state index contributed by atoms with van der Waals surface area (Å²) < 4.78 is 79.4. The molecule has 0 saturated carbocycles. The zero-order chi connectivity index (χ0) is 77.5. The summed E-state index contributed by atoms with van der Waals surface area (Å²) in [5.41, 5.74) is 1.99. The Labute approximate surface area is 620 Å². The van der Waals surface area contributed by atoms with Crippen LogP contribution < -0.4 is 9.47 Å². The summed E-state index contributed by atoms with van der Waals surface area (Å²) in [4.78, 5) is 86.4. The largest absolute Gasteiger partial charge is 0.494 e. The predicted octanol–water partition coefficient (Wildman–Crippen LogP) is 13.2. The van der Waals surface area contributed by atoms with Gasteiger partial charge in [0.05, 0.1) is 99.0 Å². The lowest BCUT2D eigenvalue weighted by Gasteiger charge is -2.31. The Bertz CT molecular complexity index is 4630. The summed E-state index contributed by atoms with van der Waals surface area (Å²) in [7, 11) is -4.89. The number of ketones is 2. The van der Waals surface area contributed by atoms with E-state index >= 15 is 0 Å². The molecule has 0 spiro atoms. The van der Waals surface area contributed by atoms with E-state index in [-0.39, 0.29) is 47.2 Å². The molecule has 11 rings (SSSR count). The minimum atomic E-state index is -4.20. The monoisotopic (exact) mass is 1520 g/mol. The van der Waals surface area contributed by atoms with Gasteiger partial charge in [0, 0.05) is 64.2 Å². The number of ether oxygens (including phenoxy) is 3. The number of piperidine rings is 2. The molecule has 0 radical (unpaired) electrons. The van der Waals surface area contributed by atoms with Crippen LogP contribution in [0.5, 0.6) is 11.5 Å². The number of phosphoric acid groups is 2. The van der Waals surface area contributed by atoms with Crippen LogP contribution in [-0.2, 0) is 57.3 Å². The number of fused-ring (bicyclic) bond motifs is 2. The molecule has 31 nitrogen and oxygen atoms in total. The van der Waals surface area contributed by atoms with Crippen molar-refractivity contribution in [2.75, 3.05) is 59.7 Å². The lowest BCUT2D eigenvalue weighted by molar-refractivity contribution is -0.127. The van der Waals surface area contributed by atoms with Crippen molar-refractivity contribution in [3.63, 3.8) is 0 Å². The molecule has 106 heavy (non-hydrogen) atoms. The van der Waals surface area contributed by atoms with Crippen LogP contribution in [0.3, 0.4) is 0 Å². The van der Waals surface area contributed by atoms with Crippen LogP contribution in [0.4, 0.5) is 0 Å². The van der Waals surface area contributed by atoms with Crippen molar-refractivity contribution in [2.24, 2.45) is 0 Å². The van der Waals surface area contributed by atoms with Crippen LogP contribution in [0.1, 0.15) is 165 Å². The van der Waals surface area contributed by atoms with E-state index in [1.54, 1.807) is 134 Å². The molecule has 0 unspecified atom stereocenters. The smallest absolute Gasteiger partial charge is 0.477 e. The number of amides is 2. The van der Waals surface area contributed by atoms with Crippen molar-refractivity contribution in [1.29, 1.82) is 10.5 Å². The summed E-state index contributed by atoms with van der Waals surface area (Å²) in [6, 6.07) is 15.0. The van der Waals surface area contributed by atoms with E-state index in [2.05, 4.69) is 57.2 Å². The number of hydrogen-bond acceptors (Lipinski definition) is 25. The fraction of sp³-hybridized carbons (Fsp3) is 0.472. The number of nitrogens with zero attached hydrogens (tertiary/aromatic N) is 15. The third-order valence-electron chi connectivity index (χ3n) is 15.5. The van der Waals surface area contributed by atoms with Crippen LogP contribution in [0.2, 0.25) is 0 Å². The Morgan fingerprint density at radius 3 is 1.39 bits per heavy atom. The van der Waals surface area contributed by atoms with Crippen molar-refractivity contribution >= 4 is 83.6 Å². The summed E-state index contributed by atoms with van der Waals surface area (Å²) in [6.07, 6.45) is 16.5. The first-order chi connectivity index (χ1) is 50.0. The Kier molecular flexibility index (Phi) is 27.6. The highest BCUT2D eigenvalue weighted by Crippen LogP contribution is 2.57. The molecule has 566 valence electrons. The number of hydrogen-bond donors (Lipinski definition) is 1. The predicted molar refractivity (Wildman–Crippen MR) is 394 cm³/mol. The Hall–Kier alpha value is -9.23. The van der Waals surface area contributed by atoms with Gasteiger partial charge in [0.1, 0.15) is 66.3 Å². The molecule has 34 heteroatoms. The number of phosphoric ester groups is 2. The lowest BCUT2D eigenvalue weighted by atomic mass is 9.95. The number of carbonyl (C=O) groups excluding carboxylic acids is 4. The highest BCUT2D eigenvalue weighted by molar-refractivity contribution is 7.48. The summed E-state index contributed by atoms with van der Waals surface area (Å²) in [5, 5.41) is 28.9. The number of pyridine rings is 4. The second-order valence-electron chi connectivity index (χ2n) is 28.3. The van der Waals surface area contributed by atoms with Crippen LogP contribution in [0.25, 0.3) is 44.6 Å². The number of Topliss-reactive ketones (excluding diaryl/α,β-unsaturated/α-hetero) is 2. The van der Waals surface area contributed by atoms with Crippen molar-refractivity contribution < 1.29 is 69.7 Å². The average molecular weight is 1520 g/mol. The van der Waals surface area contributed by atoms with Gasteiger partial charge in [-0.1, -0.05) is 23.7 Å². The van der Waals surface area contributed by atoms with Gasteiger partial charge in [0.15, 0.2) is 11.6 Å². The van der Waals surface area contributed by atoms with Crippen molar-refractivity contribution in [3.8, 4) is 35.3 Å². The summed E-state index contributed by atoms with van der Waals surface area (Å²) in [5.74, 6) is -0.469. The van der Waals surface area contributed by atoms with Crippen LogP contribution in [-0.4, -0.2) is 174 Å². The number of nitrogens with one attached hydrogen (secondary N) is 1. The Morgan fingerprint density at radius 2 is 1.01 bits per heavy atom. The zero-order valence-corrected chi connectivity index (χ0v) is 65.1. The van der Waals surface area contributed by atoms with E-state index in [0.29, 0.717) is 101 Å². The van der Waals surface area contributed by atoms with Gasteiger partial charge in [-0.2, -0.15) is 20.7 Å². The van der Waals surface area contributed by atoms with Crippen LogP contribution in [0.15, 0.2) is 97.4 Å². The molecule has 0 bridgehead atoms. The molecule has 0 atom stereocenters. The summed E-state index contributed by atoms with van der Waals surface area (Å²) in [6.45, 7) is 27.1. The molecule has 8 aromatic rings. The molecule has 0 aromatic carbocycles. The normalized spacial score (nSPS) is 14.4. The average Bonchev–Trinajstić information content (AvgIpc) is 1.58. The van der Waals surface area contributed by atoms with Gasteiger partial charge in [-0.15, -0.1) is 0 Å². The minimum absolute atomic E-state index is 0.0155. The Balaban J connectivity index is 0.000000218. The van der Waals surface area contributed by atoms with E-state index in [1.165, 1.54) is 88.2 Å². The summed E-state index contributed by atoms with van der Waals surface area (Å²) >= 11 is 5.39. The molecule has 3 saturated heterocycles. The number of aromatic nitrogens is 12. The number of aryl methyl sites for hydroxylation is 2. The van der Waals surface area contributed by atoms with Crippen molar-refractivity contribution in [3.05, 3.63) is 132 Å². The molecule has 8 aromatic heterocycles. The van der Waals surface area contributed by atoms with Gasteiger partial charge in [-0.3, -0.25) is 56.3 Å². The third-order valence-corrected chi connectivity index (χ3v) is 19.7. The molecular formula is C72H91ClN16O15P2. The molecule has 3 aliphatic rings. The van der Waals surface area contributed by atoms with E-state index in [0.717, 1.165) is 24.4 Å². The number of carbonyl (C=O) groups is 4. The van der Waals surface area contributed by atoms with Gasteiger partial charge in [0.25, 0.3) is 23.4 Å². The number of halogens is 1. The maximum atomic E-state index is 14.1. The van der Waals surface area contributed by atoms with E-state index < -0.39 is 68.2 Å². The fourth-order valence-electron chi connectivity index (χ4n) is 11.2. The number of likely N-dealkylation sites (tertiary alicyclic amines) is 2. The first kappa shape index (κ1) is 82.4. The SMILES string of the molecule is C1CCOC1.CC(C)(C)OP(=O)(OCCl)OC(C)(C)C.COc1cnc(-n2cnc(C)n2)c2[nH]cc(C(=O)C(=O)N3CCC(=C(C#N)c4ccccn4)CC3)c12.COc1cnc(-n2cnc(C)n2)c2c1c(C(=O)C(=O)N1CCC(=C(C#N)c3ccccn3)CC1)cn2COP(=O)(OC(C)(C)C)OC(C)(C)C. The number of nitriles is 2. The first-order valence-corrected chi connectivity index (χ1v) is 37.5. The van der Waals surface area contributed by atoms with Gasteiger partial charge in [-0.25, -0.2) is 38.4 Å². The van der Waals surface area contributed by atoms with E-state index in [1.807, 2.05) is 12.1 Å². The van der Waals surface area contributed by atoms with Gasteiger partial charge >= 0.3 is 15.6 Å². The molecule has 3 fully saturated rings. The lowest BCUT2D eigenvalue weighted by Crippen LogP contribution is -2.40. The number of aromatic amines is 1. The maximum Gasteiger partial charge on any atom is 0.477 e. The van der Waals surface area contributed by atoms with Crippen LogP contribution in [0, 0.1) is 36.5 Å². The zero-order valence-electron chi connectivity index (χ0n) is 62.6. The van der Waals surface area contributed by atoms with E-state index in [4.69, 9.17) is 53.0 Å². The van der Waals surface area contributed by atoms with E-state index in [9.17, 15) is 38.8 Å². The second kappa shape index (κ2) is 35.4. The molecule has 11 heterocycles. The van der Waals surface area contributed by atoms with Gasteiger partial charge < -0.3 is 33.6 Å². The molecule has 1 N–H and O–H groups in total. The number of rotatable bonds is 19. The minimum Gasteiger partial charge on any atom is -0.494 e. The van der Waals surface area contributed by atoms with Crippen molar-refractivity contribution in [1.82, 2.24) is 68.8 Å². The second-order valence-corrected chi connectivity index (χ2v) is 31.6. The number of alkyl halides is 1. The Morgan fingerprint density at radius 1 is 0.585 bits per heavy atom. The number of methoxy groups -OCH3 is 2. The topological polar surface area (TPSA) is 373 Å². The van der Waals surface area contributed by atoms with Gasteiger partial charge in [0.2, 0.25) is 0 Å². The van der Waals surface area contributed by atoms with Gasteiger partial charge in [-0.05, 0) is 171 Å². The number of allylic oxidation sites excluding steroid dienone is 2. The molecular weight excluding hydrogens is 1430 g/mol. The maximum absolute atomic E-state index is 14.1. The molecule has 0 aliphatic carbocycles. The standard InChI is InChI=1S/C34H41N8O7P.C25H22N8O3.C9H20ClO4P.C4H8O/c1-22-38-20-42(39-22)31-29-28(27(46-8)18-37-31)25(19-41(29)21-47-50(45,48-33(2,3)4)49-34(5,6)7)30(43)32(44)40-15-12-23(13-16-40)24(17-35)26-11-9-10-14-36-26;1-15-30-14-33(31-15)24-22-21(20(36-2)13-29-24)18(12-28-22)23(34)25(35)32-9-6-16(7-10-32)17(11-26)19-5-3-4-8-27-19;1-8(2,3)13-15(11,12-7-10)14-9(4,5)6;1-2-4-5-3-1/h9-11,14,18-20H,12-13,15-16,21H2,1-8H3;3-5,8,12-14,28H,6-7,9-10H2,1-2H3;7H2,1-6H3;1-4H2. The first-order valence-electron chi connectivity index (χ1n) is 34.1.